The topological polar surface area (TPSA) is 56.2 Å². The normalized spacial score (nSPS) is 14.6. The minimum atomic E-state index is -0.488. The Bertz CT molecular complexity index is 454. The molecule has 0 fully saturated rings. The van der Waals surface area contributed by atoms with Gasteiger partial charge in [0.2, 0.25) is 0 Å². The molecule has 0 radical (unpaired) electrons. The van der Waals surface area contributed by atoms with Crippen molar-refractivity contribution >= 4 is 17.9 Å². The van der Waals surface area contributed by atoms with Crippen LogP contribution in [0.5, 0.6) is 0 Å². The molecule has 1 rings (SSSR count). The van der Waals surface area contributed by atoms with Crippen molar-refractivity contribution in [1.82, 2.24) is 14.9 Å². The van der Waals surface area contributed by atoms with Crippen LogP contribution in [-0.2, 0) is 11.3 Å². The van der Waals surface area contributed by atoms with Gasteiger partial charge in [0.15, 0.2) is 0 Å². The quantitative estimate of drug-likeness (QED) is 0.871. The van der Waals surface area contributed by atoms with Crippen LogP contribution in [0.4, 0.5) is 4.79 Å². The van der Waals surface area contributed by atoms with Gasteiger partial charge in [-0.25, -0.2) is 9.78 Å². The largest absolute Gasteiger partial charge is 0.444 e. The highest BCUT2D eigenvalue weighted by Crippen LogP contribution is 2.16. The Hall–Kier alpha value is -1.17. The molecular formula is C15H27N3O2S. The van der Waals surface area contributed by atoms with Crippen LogP contribution >= 0.6 is 11.8 Å². The summed E-state index contributed by atoms with van der Waals surface area (Å²) in [7, 11) is 0. The number of ether oxygens (including phenoxy) is 1. The van der Waals surface area contributed by atoms with E-state index < -0.39 is 11.7 Å². The molecule has 0 saturated heterocycles. The van der Waals surface area contributed by atoms with Crippen LogP contribution in [0.1, 0.15) is 52.8 Å². The van der Waals surface area contributed by atoms with E-state index in [1.54, 1.807) is 6.20 Å². The molecule has 1 amide bonds. The number of aryl methyl sites for hydroxylation is 1. The fourth-order valence-corrected chi connectivity index (χ4v) is 2.22. The molecule has 2 atom stereocenters. The Morgan fingerprint density at radius 2 is 2.14 bits per heavy atom. The van der Waals surface area contributed by atoms with Gasteiger partial charge >= 0.3 is 6.09 Å². The fourth-order valence-electron chi connectivity index (χ4n) is 1.88. The van der Waals surface area contributed by atoms with Gasteiger partial charge in [-0.3, -0.25) is 0 Å². The van der Waals surface area contributed by atoms with Crippen LogP contribution in [0.15, 0.2) is 12.5 Å². The first-order valence-electron chi connectivity index (χ1n) is 7.25. The maximum absolute atomic E-state index is 11.8. The molecule has 120 valence electrons. The Balaban J connectivity index is 2.60. The first kappa shape index (κ1) is 17.9. The van der Waals surface area contributed by atoms with E-state index in [9.17, 15) is 4.79 Å². The number of alkyl carbamates (subject to hydrolysis) is 1. The summed E-state index contributed by atoms with van der Waals surface area (Å²) in [5.41, 5.74) is 0.506. The summed E-state index contributed by atoms with van der Waals surface area (Å²) in [6.07, 6.45) is 6.40. The third kappa shape index (κ3) is 6.42. The molecule has 0 bridgehead atoms. The van der Waals surface area contributed by atoms with Crippen molar-refractivity contribution in [2.75, 3.05) is 6.26 Å². The molecule has 1 N–H and O–H groups in total. The molecule has 1 aromatic rings. The smallest absolute Gasteiger partial charge is 0.408 e. The van der Waals surface area contributed by atoms with Gasteiger partial charge in [0.05, 0.1) is 24.3 Å². The molecule has 0 aliphatic heterocycles. The van der Waals surface area contributed by atoms with E-state index in [1.165, 1.54) is 0 Å². The van der Waals surface area contributed by atoms with Crippen LogP contribution in [0.2, 0.25) is 0 Å². The van der Waals surface area contributed by atoms with Crippen molar-refractivity contribution in [2.45, 2.75) is 64.5 Å². The monoisotopic (exact) mass is 313 g/mol. The highest BCUT2D eigenvalue weighted by atomic mass is 32.2. The molecule has 0 aliphatic rings. The number of hydrogen-bond donors (Lipinski definition) is 1. The van der Waals surface area contributed by atoms with Crippen molar-refractivity contribution in [1.29, 1.82) is 0 Å². The summed E-state index contributed by atoms with van der Waals surface area (Å²) < 4.78 is 7.37. The molecule has 0 spiro atoms. The third-order valence-electron chi connectivity index (χ3n) is 3.10. The van der Waals surface area contributed by atoms with E-state index >= 15 is 0 Å². The van der Waals surface area contributed by atoms with Crippen LogP contribution in [-0.4, -0.2) is 32.8 Å². The summed E-state index contributed by atoms with van der Waals surface area (Å²) in [6.45, 7) is 10.6. The average molecular weight is 313 g/mol. The number of carbonyl (C=O) groups is 1. The number of rotatable bonds is 6. The van der Waals surface area contributed by atoms with Gasteiger partial charge in [0.1, 0.15) is 5.60 Å². The second-order valence-electron chi connectivity index (χ2n) is 6.21. The van der Waals surface area contributed by atoms with Gasteiger partial charge in [-0.2, -0.15) is 11.8 Å². The molecule has 21 heavy (non-hydrogen) atoms. The molecule has 1 heterocycles. The molecule has 5 nitrogen and oxygen atoms in total. The number of amides is 1. The molecule has 1 unspecified atom stereocenters. The van der Waals surface area contributed by atoms with Crippen LogP contribution in [0.3, 0.4) is 0 Å². The molecule has 6 heteroatoms. The average Bonchev–Trinajstić information content (AvgIpc) is 2.81. The summed E-state index contributed by atoms with van der Waals surface area (Å²) in [4.78, 5) is 16.0. The predicted molar refractivity (Wildman–Crippen MR) is 87.6 cm³/mol. The van der Waals surface area contributed by atoms with E-state index in [1.807, 2.05) is 45.8 Å². The number of nitrogens with zero attached hydrogens (tertiary/aromatic N) is 2. The Labute approximate surface area is 131 Å². The zero-order valence-electron chi connectivity index (χ0n) is 13.8. The Morgan fingerprint density at radius 1 is 1.48 bits per heavy atom. The number of hydrogen-bond acceptors (Lipinski definition) is 4. The van der Waals surface area contributed by atoms with Gasteiger partial charge < -0.3 is 14.6 Å². The Kier molecular flexibility index (Phi) is 6.58. The third-order valence-corrected chi connectivity index (χ3v) is 4.14. The second-order valence-corrected chi connectivity index (χ2v) is 7.49. The lowest BCUT2D eigenvalue weighted by Gasteiger charge is -2.22. The standard InChI is InChI=1S/C15H27N3O2S/c1-11(21-6)7-8-18-10-16-9-13(18)12(2)17-14(19)20-15(3,4)5/h9-12H,7-8H2,1-6H3,(H,17,19)/t11?,12-/m0/s1. The lowest BCUT2D eigenvalue weighted by atomic mass is 10.2. The number of carbonyl (C=O) groups excluding carboxylic acids is 1. The molecule has 0 aliphatic carbocycles. The second kappa shape index (κ2) is 7.73. The highest BCUT2D eigenvalue weighted by molar-refractivity contribution is 7.99. The molecule has 1 aromatic heterocycles. The van der Waals surface area contributed by atoms with Crippen molar-refractivity contribution in [3.05, 3.63) is 18.2 Å². The fraction of sp³-hybridized carbons (Fsp3) is 0.733. The lowest BCUT2D eigenvalue weighted by molar-refractivity contribution is 0.0506. The number of nitrogens with one attached hydrogen (secondary N) is 1. The van der Waals surface area contributed by atoms with Crippen molar-refractivity contribution in [3.63, 3.8) is 0 Å². The van der Waals surface area contributed by atoms with E-state index in [0.717, 1.165) is 18.7 Å². The van der Waals surface area contributed by atoms with Gasteiger partial charge in [0, 0.05) is 11.8 Å². The van der Waals surface area contributed by atoms with Crippen LogP contribution < -0.4 is 5.32 Å². The van der Waals surface area contributed by atoms with E-state index in [0.29, 0.717) is 5.25 Å². The summed E-state index contributed by atoms with van der Waals surface area (Å²) in [5.74, 6) is 0. The number of thioether (sulfide) groups is 1. The summed E-state index contributed by atoms with van der Waals surface area (Å²) in [5, 5.41) is 3.46. The number of aromatic nitrogens is 2. The molecule has 0 aromatic carbocycles. The molecule has 0 saturated carbocycles. The highest BCUT2D eigenvalue weighted by Gasteiger charge is 2.19. The van der Waals surface area contributed by atoms with Crippen molar-refractivity contribution in [3.8, 4) is 0 Å². The SMILES string of the molecule is CSC(C)CCn1cncc1[C@H](C)NC(=O)OC(C)(C)C. The van der Waals surface area contributed by atoms with Gasteiger partial charge in [-0.05, 0) is 40.4 Å². The van der Waals surface area contributed by atoms with Gasteiger partial charge in [-0.1, -0.05) is 6.92 Å². The number of imidazole rings is 1. The minimum Gasteiger partial charge on any atom is -0.444 e. The predicted octanol–water partition coefficient (Wildman–Crippen LogP) is 3.61. The van der Waals surface area contributed by atoms with Gasteiger partial charge in [0.25, 0.3) is 0 Å². The first-order chi connectivity index (χ1) is 9.73. The van der Waals surface area contributed by atoms with E-state index in [4.69, 9.17) is 4.74 Å². The van der Waals surface area contributed by atoms with Crippen LogP contribution in [0, 0.1) is 0 Å². The Morgan fingerprint density at radius 3 is 2.71 bits per heavy atom. The lowest BCUT2D eigenvalue weighted by Crippen LogP contribution is -2.34. The minimum absolute atomic E-state index is 0.132. The van der Waals surface area contributed by atoms with Gasteiger partial charge in [-0.15, -0.1) is 0 Å². The van der Waals surface area contributed by atoms with E-state index in [-0.39, 0.29) is 6.04 Å². The zero-order valence-corrected chi connectivity index (χ0v) is 14.7. The van der Waals surface area contributed by atoms with Crippen molar-refractivity contribution in [2.24, 2.45) is 0 Å². The first-order valence-corrected chi connectivity index (χ1v) is 8.54. The van der Waals surface area contributed by atoms with Crippen LogP contribution in [0.25, 0.3) is 0 Å². The molecular weight excluding hydrogens is 286 g/mol. The van der Waals surface area contributed by atoms with E-state index in [2.05, 4.69) is 28.0 Å². The summed E-state index contributed by atoms with van der Waals surface area (Å²) in [6, 6.07) is -0.132. The maximum atomic E-state index is 11.8. The van der Waals surface area contributed by atoms with Crippen molar-refractivity contribution < 1.29 is 9.53 Å². The zero-order chi connectivity index (χ0) is 16.0. The maximum Gasteiger partial charge on any atom is 0.408 e. The summed E-state index contributed by atoms with van der Waals surface area (Å²) >= 11 is 1.85.